The molecule has 120 valence electrons. The maximum atomic E-state index is 12.2. The van der Waals surface area contributed by atoms with Crippen LogP contribution in [0.4, 0.5) is 11.5 Å². The predicted octanol–water partition coefficient (Wildman–Crippen LogP) is 3.85. The van der Waals surface area contributed by atoms with Gasteiger partial charge in [-0.1, -0.05) is 19.8 Å². The normalized spacial score (nSPS) is 11.4. The molecule has 2 aromatic heterocycles. The highest BCUT2D eigenvalue weighted by atomic mass is 32.2. The van der Waals surface area contributed by atoms with E-state index in [0.29, 0.717) is 10.0 Å². The molecule has 0 aliphatic heterocycles. The Morgan fingerprint density at radius 1 is 1.18 bits per heavy atom. The van der Waals surface area contributed by atoms with Gasteiger partial charge >= 0.3 is 0 Å². The number of unbranched alkanes of at least 4 members (excludes halogenated alkanes) is 2. The van der Waals surface area contributed by atoms with Crippen molar-refractivity contribution in [2.75, 3.05) is 16.6 Å². The van der Waals surface area contributed by atoms with Crippen molar-refractivity contribution in [3.8, 4) is 0 Å². The molecule has 22 heavy (non-hydrogen) atoms. The van der Waals surface area contributed by atoms with Gasteiger partial charge in [-0.3, -0.25) is 4.72 Å². The third-order valence-corrected chi connectivity index (χ3v) is 5.94. The zero-order valence-corrected chi connectivity index (χ0v) is 14.4. The molecule has 0 bridgehead atoms. The standard InChI is InChI=1S/C15H21N3O2S2/c1-3-4-5-10-16-13-7-8-14(17-11-13)18-22(19,20)15-9-6-12(2)21-15/h6-9,11,16H,3-5,10H2,1-2H3,(H,17,18). The maximum absolute atomic E-state index is 12.2. The summed E-state index contributed by atoms with van der Waals surface area (Å²) in [5, 5.41) is 3.27. The smallest absolute Gasteiger partial charge is 0.272 e. The molecule has 2 rings (SSSR count). The van der Waals surface area contributed by atoms with Crippen molar-refractivity contribution in [2.45, 2.75) is 37.3 Å². The number of aromatic nitrogens is 1. The van der Waals surface area contributed by atoms with Crippen LogP contribution in [-0.2, 0) is 10.0 Å². The lowest BCUT2D eigenvalue weighted by atomic mass is 10.2. The monoisotopic (exact) mass is 339 g/mol. The first kappa shape index (κ1) is 16.8. The fourth-order valence-electron chi connectivity index (χ4n) is 1.91. The third kappa shape index (κ3) is 4.71. The molecule has 0 saturated heterocycles. The quantitative estimate of drug-likeness (QED) is 0.717. The second kappa shape index (κ2) is 7.60. The predicted molar refractivity (Wildman–Crippen MR) is 92.1 cm³/mol. The highest BCUT2D eigenvalue weighted by molar-refractivity contribution is 7.94. The number of hydrogen-bond donors (Lipinski definition) is 2. The molecular formula is C15H21N3O2S2. The van der Waals surface area contributed by atoms with Crippen molar-refractivity contribution >= 4 is 32.9 Å². The van der Waals surface area contributed by atoms with Crippen LogP contribution in [0.3, 0.4) is 0 Å². The van der Waals surface area contributed by atoms with E-state index >= 15 is 0 Å². The van der Waals surface area contributed by atoms with E-state index in [1.54, 1.807) is 24.4 Å². The first-order valence-electron chi connectivity index (χ1n) is 7.30. The summed E-state index contributed by atoms with van der Waals surface area (Å²) in [4.78, 5) is 5.11. The number of anilines is 2. The summed E-state index contributed by atoms with van der Waals surface area (Å²) >= 11 is 1.24. The average molecular weight is 339 g/mol. The Morgan fingerprint density at radius 3 is 2.59 bits per heavy atom. The van der Waals surface area contributed by atoms with Gasteiger partial charge in [-0.05, 0) is 37.6 Å². The van der Waals surface area contributed by atoms with Crippen molar-refractivity contribution in [3.63, 3.8) is 0 Å². The Hall–Kier alpha value is -1.60. The van der Waals surface area contributed by atoms with Gasteiger partial charge in [0, 0.05) is 11.4 Å². The third-order valence-electron chi connectivity index (χ3n) is 3.09. The molecule has 5 nitrogen and oxygen atoms in total. The van der Waals surface area contributed by atoms with Crippen LogP contribution in [0.1, 0.15) is 31.1 Å². The molecule has 2 heterocycles. The van der Waals surface area contributed by atoms with Gasteiger partial charge < -0.3 is 5.32 Å². The zero-order valence-electron chi connectivity index (χ0n) is 12.8. The first-order chi connectivity index (χ1) is 10.5. The lowest BCUT2D eigenvalue weighted by Crippen LogP contribution is -2.12. The number of pyridine rings is 1. The number of aryl methyl sites for hydroxylation is 1. The molecule has 0 saturated carbocycles. The van der Waals surface area contributed by atoms with E-state index < -0.39 is 10.0 Å². The molecule has 0 radical (unpaired) electrons. The summed E-state index contributed by atoms with van der Waals surface area (Å²) in [5.41, 5.74) is 0.894. The van der Waals surface area contributed by atoms with E-state index in [1.807, 2.05) is 13.0 Å². The fraction of sp³-hybridized carbons (Fsp3) is 0.400. The summed E-state index contributed by atoms with van der Waals surface area (Å²) < 4.78 is 27.2. The molecule has 0 atom stereocenters. The minimum atomic E-state index is -3.54. The van der Waals surface area contributed by atoms with Crippen molar-refractivity contribution < 1.29 is 8.42 Å². The van der Waals surface area contributed by atoms with E-state index in [2.05, 4.69) is 21.9 Å². The Kier molecular flexibility index (Phi) is 5.79. The first-order valence-corrected chi connectivity index (χ1v) is 9.60. The molecule has 0 aliphatic rings. The van der Waals surface area contributed by atoms with Crippen LogP contribution in [-0.4, -0.2) is 19.9 Å². The minimum absolute atomic E-state index is 0.300. The van der Waals surface area contributed by atoms with E-state index in [0.717, 1.165) is 23.5 Å². The van der Waals surface area contributed by atoms with E-state index in [4.69, 9.17) is 0 Å². The lowest BCUT2D eigenvalue weighted by Gasteiger charge is -2.08. The van der Waals surface area contributed by atoms with Crippen molar-refractivity contribution in [1.82, 2.24) is 4.98 Å². The second-order valence-corrected chi connectivity index (χ2v) is 8.23. The fourth-order valence-corrected chi connectivity index (χ4v) is 4.20. The molecule has 2 N–H and O–H groups in total. The number of rotatable bonds is 8. The van der Waals surface area contributed by atoms with Crippen LogP contribution in [0.25, 0.3) is 0 Å². The Balaban J connectivity index is 1.96. The van der Waals surface area contributed by atoms with Crippen LogP contribution in [0, 0.1) is 6.92 Å². The van der Waals surface area contributed by atoms with Gasteiger partial charge in [0.1, 0.15) is 10.0 Å². The molecule has 0 amide bonds. The molecule has 0 aromatic carbocycles. The van der Waals surface area contributed by atoms with E-state index in [-0.39, 0.29) is 0 Å². The summed E-state index contributed by atoms with van der Waals surface area (Å²) in [5.74, 6) is 0.324. The van der Waals surface area contributed by atoms with Crippen LogP contribution in [0.2, 0.25) is 0 Å². The molecule has 0 spiro atoms. The minimum Gasteiger partial charge on any atom is -0.384 e. The van der Waals surface area contributed by atoms with E-state index in [1.165, 1.54) is 24.2 Å². The number of nitrogens with one attached hydrogen (secondary N) is 2. The van der Waals surface area contributed by atoms with Gasteiger partial charge in [0.2, 0.25) is 0 Å². The maximum Gasteiger partial charge on any atom is 0.272 e. The van der Waals surface area contributed by atoms with Gasteiger partial charge in [-0.2, -0.15) is 0 Å². The zero-order chi connectivity index (χ0) is 16.0. The number of hydrogen-bond acceptors (Lipinski definition) is 5. The second-order valence-electron chi connectivity index (χ2n) is 5.04. The largest absolute Gasteiger partial charge is 0.384 e. The SMILES string of the molecule is CCCCCNc1ccc(NS(=O)(=O)c2ccc(C)s2)nc1. The molecule has 0 unspecified atom stereocenters. The molecule has 0 aliphatic carbocycles. The Labute approximate surface area is 135 Å². The topological polar surface area (TPSA) is 71.1 Å². The summed E-state index contributed by atoms with van der Waals surface area (Å²) in [6, 6.07) is 6.89. The summed E-state index contributed by atoms with van der Waals surface area (Å²) in [6.07, 6.45) is 5.13. The van der Waals surface area contributed by atoms with Crippen LogP contribution >= 0.6 is 11.3 Å². The van der Waals surface area contributed by atoms with Crippen LogP contribution in [0.15, 0.2) is 34.7 Å². The van der Waals surface area contributed by atoms with Gasteiger partial charge in [-0.25, -0.2) is 13.4 Å². The molecule has 2 aromatic rings. The molecule has 7 heteroatoms. The van der Waals surface area contributed by atoms with E-state index in [9.17, 15) is 8.42 Å². The van der Waals surface area contributed by atoms with Crippen LogP contribution in [0.5, 0.6) is 0 Å². The number of nitrogens with zero attached hydrogens (tertiary/aromatic N) is 1. The van der Waals surface area contributed by atoms with Gasteiger partial charge in [0.05, 0.1) is 11.9 Å². The van der Waals surface area contributed by atoms with Gasteiger partial charge in [0.25, 0.3) is 10.0 Å². The lowest BCUT2D eigenvalue weighted by molar-refractivity contribution is 0.603. The summed E-state index contributed by atoms with van der Waals surface area (Å²) in [6.45, 7) is 4.94. The molecule has 0 fully saturated rings. The van der Waals surface area contributed by atoms with Gasteiger partial charge in [0.15, 0.2) is 0 Å². The average Bonchev–Trinajstić information content (AvgIpc) is 2.93. The van der Waals surface area contributed by atoms with Crippen molar-refractivity contribution in [2.24, 2.45) is 0 Å². The highest BCUT2D eigenvalue weighted by Gasteiger charge is 2.16. The Bertz CT molecular complexity index is 694. The number of thiophene rings is 1. The van der Waals surface area contributed by atoms with Crippen molar-refractivity contribution in [3.05, 3.63) is 35.3 Å². The summed E-state index contributed by atoms with van der Waals surface area (Å²) in [7, 11) is -3.54. The van der Waals surface area contributed by atoms with Crippen LogP contribution < -0.4 is 10.0 Å². The van der Waals surface area contributed by atoms with Crippen molar-refractivity contribution in [1.29, 1.82) is 0 Å². The molecular weight excluding hydrogens is 318 g/mol. The number of sulfonamides is 1. The highest BCUT2D eigenvalue weighted by Crippen LogP contribution is 2.23. The Morgan fingerprint density at radius 2 is 2.00 bits per heavy atom. The van der Waals surface area contributed by atoms with Gasteiger partial charge in [-0.15, -0.1) is 11.3 Å².